The van der Waals surface area contributed by atoms with Crippen molar-refractivity contribution in [2.45, 2.75) is 59.6 Å². The van der Waals surface area contributed by atoms with Gasteiger partial charge in [0.2, 0.25) is 0 Å². The second kappa shape index (κ2) is 7.70. The average molecular weight is 425 g/mol. The first-order valence-electron chi connectivity index (χ1n) is 10.5. The Kier molecular flexibility index (Phi) is 5.32. The fourth-order valence-electron chi connectivity index (χ4n) is 4.30. The number of benzene rings is 2. The van der Waals surface area contributed by atoms with E-state index in [9.17, 15) is 13.2 Å². The molecular weight excluding hydrogens is 399 g/mol. The summed E-state index contributed by atoms with van der Waals surface area (Å²) < 4.78 is 44.3. The number of hydrogen-bond donors (Lipinski definition) is 0. The molecule has 2 aromatic carbocycles. The van der Waals surface area contributed by atoms with Gasteiger partial charge in [-0.3, -0.25) is 4.98 Å². The van der Waals surface area contributed by atoms with E-state index < -0.39 is 12.6 Å². The molecule has 31 heavy (non-hydrogen) atoms. The summed E-state index contributed by atoms with van der Waals surface area (Å²) in [6.07, 6.45) is -5.01. The van der Waals surface area contributed by atoms with E-state index >= 15 is 0 Å². The van der Waals surface area contributed by atoms with E-state index in [1.54, 1.807) is 6.07 Å². The van der Waals surface area contributed by atoms with Crippen molar-refractivity contribution in [1.29, 1.82) is 0 Å². The lowest BCUT2D eigenvalue weighted by molar-refractivity contribution is -0.133. The van der Waals surface area contributed by atoms with E-state index in [1.807, 2.05) is 25.1 Å². The van der Waals surface area contributed by atoms with Crippen LogP contribution < -0.4 is 0 Å². The Morgan fingerprint density at radius 1 is 0.968 bits per heavy atom. The molecule has 5 heteroatoms. The lowest BCUT2D eigenvalue weighted by Gasteiger charge is -2.12. The first-order chi connectivity index (χ1) is 14.5. The van der Waals surface area contributed by atoms with Crippen molar-refractivity contribution < 1.29 is 17.6 Å². The Morgan fingerprint density at radius 2 is 1.71 bits per heavy atom. The van der Waals surface area contributed by atoms with Crippen LogP contribution in [0.2, 0.25) is 0 Å². The van der Waals surface area contributed by atoms with Gasteiger partial charge < -0.3 is 4.42 Å². The summed E-state index contributed by atoms with van der Waals surface area (Å²) in [4.78, 5) is 4.82. The zero-order chi connectivity index (χ0) is 22.5. The molecule has 0 unspecified atom stereocenters. The van der Waals surface area contributed by atoms with Gasteiger partial charge in [0.25, 0.3) is 0 Å². The number of halogens is 3. The number of furan rings is 1. The van der Waals surface area contributed by atoms with Crippen LogP contribution in [0.4, 0.5) is 13.2 Å². The third kappa shape index (κ3) is 4.18. The van der Waals surface area contributed by atoms with Crippen LogP contribution in [0, 0.1) is 20.8 Å². The lowest BCUT2D eigenvalue weighted by Crippen LogP contribution is -2.08. The molecule has 0 aliphatic rings. The summed E-state index contributed by atoms with van der Waals surface area (Å²) in [6, 6.07) is 11.6. The van der Waals surface area contributed by atoms with E-state index in [0.717, 1.165) is 55.6 Å². The number of nitrogens with zero attached hydrogens (tertiary/aromatic N) is 1. The van der Waals surface area contributed by atoms with E-state index in [-0.39, 0.29) is 12.3 Å². The van der Waals surface area contributed by atoms with Crippen LogP contribution in [0.5, 0.6) is 0 Å². The summed E-state index contributed by atoms with van der Waals surface area (Å²) in [5.74, 6) is 1.23. The molecule has 0 aliphatic carbocycles. The standard InChI is InChI=1S/C26H26F3NO/c1-14(2)24-17(5)21-10-15(3)11-22(25(21)31-24)23-20-7-6-18(8-9-26(27,28)29)13-19(20)12-16(4)30-23/h6-7,10-14H,8-9H2,1-5H3. The van der Waals surface area contributed by atoms with Crippen LogP contribution in [-0.2, 0) is 6.42 Å². The van der Waals surface area contributed by atoms with Crippen molar-refractivity contribution in [1.82, 2.24) is 4.98 Å². The SMILES string of the molecule is Cc1cc(-c2nc(C)cc3cc(CCC(F)(F)F)ccc23)c2oc(C(C)C)c(C)c2c1. The van der Waals surface area contributed by atoms with E-state index in [2.05, 4.69) is 39.8 Å². The second-order valence-electron chi connectivity index (χ2n) is 8.72. The van der Waals surface area contributed by atoms with Gasteiger partial charge >= 0.3 is 6.18 Å². The summed E-state index contributed by atoms with van der Waals surface area (Å²) in [5, 5.41) is 2.88. The van der Waals surface area contributed by atoms with Crippen molar-refractivity contribution in [3.8, 4) is 11.3 Å². The molecule has 0 radical (unpaired) electrons. The number of hydrogen-bond acceptors (Lipinski definition) is 2. The fourth-order valence-corrected chi connectivity index (χ4v) is 4.30. The topological polar surface area (TPSA) is 26.0 Å². The van der Waals surface area contributed by atoms with Crippen LogP contribution >= 0.6 is 0 Å². The van der Waals surface area contributed by atoms with Crippen molar-refractivity contribution in [3.05, 3.63) is 64.5 Å². The maximum absolute atomic E-state index is 12.7. The normalized spacial score (nSPS) is 12.4. The fraction of sp³-hybridized carbons (Fsp3) is 0.346. The summed E-state index contributed by atoms with van der Waals surface area (Å²) in [5.41, 5.74) is 6.27. The molecule has 2 nitrogen and oxygen atoms in total. The molecule has 0 saturated heterocycles. The number of alkyl halides is 3. The molecule has 0 aliphatic heterocycles. The molecule has 0 amide bonds. The van der Waals surface area contributed by atoms with Gasteiger partial charge in [0.05, 0.1) is 5.69 Å². The van der Waals surface area contributed by atoms with Crippen LogP contribution in [0.3, 0.4) is 0 Å². The molecule has 0 N–H and O–H groups in total. The van der Waals surface area contributed by atoms with Crippen molar-refractivity contribution in [2.24, 2.45) is 0 Å². The number of fused-ring (bicyclic) bond motifs is 2. The monoisotopic (exact) mass is 425 g/mol. The number of pyridine rings is 1. The first-order valence-corrected chi connectivity index (χ1v) is 10.5. The molecule has 0 bridgehead atoms. The summed E-state index contributed by atoms with van der Waals surface area (Å²) in [6.45, 7) is 10.3. The van der Waals surface area contributed by atoms with Crippen LogP contribution in [0.25, 0.3) is 33.0 Å². The van der Waals surface area contributed by atoms with Crippen LogP contribution in [-0.4, -0.2) is 11.2 Å². The average Bonchev–Trinajstić information content (AvgIpc) is 3.01. The van der Waals surface area contributed by atoms with Gasteiger partial charge in [0.1, 0.15) is 11.3 Å². The maximum atomic E-state index is 12.7. The van der Waals surface area contributed by atoms with Gasteiger partial charge in [-0.1, -0.05) is 32.0 Å². The molecule has 0 saturated carbocycles. The highest BCUT2D eigenvalue weighted by Gasteiger charge is 2.26. The highest BCUT2D eigenvalue weighted by molar-refractivity contribution is 6.03. The van der Waals surface area contributed by atoms with Gasteiger partial charge in [-0.25, -0.2) is 0 Å². The zero-order valence-corrected chi connectivity index (χ0v) is 18.4. The van der Waals surface area contributed by atoms with E-state index in [1.165, 1.54) is 0 Å². The predicted octanol–water partition coefficient (Wildman–Crippen LogP) is 8.19. The minimum absolute atomic E-state index is 0.0278. The number of aryl methyl sites for hydroxylation is 4. The van der Waals surface area contributed by atoms with Crippen molar-refractivity contribution in [3.63, 3.8) is 0 Å². The van der Waals surface area contributed by atoms with Gasteiger partial charge in [0, 0.05) is 34.4 Å². The van der Waals surface area contributed by atoms with E-state index in [0.29, 0.717) is 5.56 Å². The number of aromatic nitrogens is 1. The summed E-state index contributed by atoms with van der Waals surface area (Å²) in [7, 11) is 0. The maximum Gasteiger partial charge on any atom is 0.389 e. The largest absolute Gasteiger partial charge is 0.460 e. The Bertz CT molecular complexity index is 1280. The van der Waals surface area contributed by atoms with Gasteiger partial charge in [-0.05, 0) is 67.5 Å². The van der Waals surface area contributed by atoms with Crippen molar-refractivity contribution >= 4 is 21.7 Å². The van der Waals surface area contributed by atoms with Crippen molar-refractivity contribution in [2.75, 3.05) is 0 Å². The first kappa shape index (κ1) is 21.4. The number of rotatable bonds is 4. The van der Waals surface area contributed by atoms with Crippen LogP contribution in [0.15, 0.2) is 40.8 Å². The molecule has 4 aromatic rings. The minimum atomic E-state index is -4.16. The van der Waals surface area contributed by atoms with E-state index in [4.69, 9.17) is 9.40 Å². The highest BCUT2D eigenvalue weighted by Crippen LogP contribution is 2.39. The Morgan fingerprint density at radius 3 is 2.39 bits per heavy atom. The smallest absolute Gasteiger partial charge is 0.389 e. The van der Waals surface area contributed by atoms with Gasteiger partial charge in [0.15, 0.2) is 0 Å². The summed E-state index contributed by atoms with van der Waals surface area (Å²) >= 11 is 0. The van der Waals surface area contributed by atoms with Crippen LogP contribution in [0.1, 0.15) is 54.3 Å². The second-order valence-corrected chi connectivity index (χ2v) is 8.72. The van der Waals surface area contributed by atoms with Gasteiger partial charge in [-0.15, -0.1) is 0 Å². The lowest BCUT2D eigenvalue weighted by atomic mass is 9.96. The Labute approximate surface area is 180 Å². The van der Waals surface area contributed by atoms with Gasteiger partial charge in [-0.2, -0.15) is 13.2 Å². The minimum Gasteiger partial charge on any atom is -0.460 e. The molecular formula is C26H26F3NO. The molecule has 2 aromatic heterocycles. The predicted molar refractivity (Wildman–Crippen MR) is 120 cm³/mol. The molecule has 2 heterocycles. The molecule has 0 atom stereocenters. The zero-order valence-electron chi connectivity index (χ0n) is 18.4. The Hall–Kier alpha value is -2.82. The molecule has 0 spiro atoms. The molecule has 0 fully saturated rings. The molecule has 4 rings (SSSR count). The third-order valence-electron chi connectivity index (χ3n) is 5.72. The quantitative estimate of drug-likeness (QED) is 0.329. The third-order valence-corrected chi connectivity index (χ3v) is 5.72. The molecule has 162 valence electrons. The Balaban J connectivity index is 1.92. The highest BCUT2D eigenvalue weighted by atomic mass is 19.4.